The summed E-state index contributed by atoms with van der Waals surface area (Å²) in [7, 11) is 0. The van der Waals surface area contributed by atoms with Crippen LogP contribution >= 0.6 is 0 Å². The van der Waals surface area contributed by atoms with E-state index in [1.807, 2.05) is 11.8 Å². The molecule has 3 N–H and O–H groups in total. The van der Waals surface area contributed by atoms with E-state index in [4.69, 9.17) is 10.8 Å². The second-order valence-electron chi connectivity index (χ2n) is 4.88. The normalized spacial score (nSPS) is 26.2. The van der Waals surface area contributed by atoms with Crippen LogP contribution in [0.5, 0.6) is 0 Å². The summed E-state index contributed by atoms with van der Waals surface area (Å²) in [5, 5.41) is 9.07. The van der Waals surface area contributed by atoms with E-state index in [1.54, 1.807) is 18.2 Å². The van der Waals surface area contributed by atoms with E-state index in [-0.39, 0.29) is 18.4 Å². The second-order valence-corrected chi connectivity index (χ2v) is 4.88. The molecule has 0 saturated carbocycles. The molecule has 5 heteroatoms. The lowest BCUT2D eigenvalue weighted by Gasteiger charge is -2.26. The van der Waals surface area contributed by atoms with Crippen LogP contribution in [0.1, 0.15) is 24.9 Å². The molecule has 2 atom stereocenters. The lowest BCUT2D eigenvalue weighted by atomic mass is 10.0. The number of halogens is 1. The van der Waals surface area contributed by atoms with Crippen LogP contribution in [0, 0.1) is 5.82 Å². The molecule has 4 nitrogen and oxygen atoms in total. The minimum atomic E-state index is -1.21. The lowest BCUT2D eigenvalue weighted by Crippen LogP contribution is -2.50. The highest BCUT2D eigenvalue weighted by Crippen LogP contribution is 2.29. The largest absolute Gasteiger partial charge is 0.480 e. The van der Waals surface area contributed by atoms with Gasteiger partial charge >= 0.3 is 5.97 Å². The van der Waals surface area contributed by atoms with Crippen molar-refractivity contribution in [1.82, 2.24) is 4.90 Å². The van der Waals surface area contributed by atoms with Gasteiger partial charge in [0.15, 0.2) is 0 Å². The molecule has 1 fully saturated rings. The van der Waals surface area contributed by atoms with Crippen molar-refractivity contribution in [2.45, 2.75) is 24.9 Å². The third-order valence-corrected chi connectivity index (χ3v) is 3.66. The van der Waals surface area contributed by atoms with Gasteiger partial charge in [-0.1, -0.05) is 18.2 Å². The summed E-state index contributed by atoms with van der Waals surface area (Å²) in [6.45, 7) is 2.68. The number of nitrogens with zero attached hydrogens (tertiary/aromatic N) is 1. The number of carboxylic acids is 1. The van der Waals surface area contributed by atoms with E-state index < -0.39 is 11.5 Å². The van der Waals surface area contributed by atoms with Gasteiger partial charge in [0.2, 0.25) is 0 Å². The number of nitrogens with two attached hydrogens (primary N) is 1. The SMILES string of the molecule is CC(c1ccccc1F)N1CCC(N)(C(=O)O)C1. The van der Waals surface area contributed by atoms with Gasteiger partial charge in [-0.15, -0.1) is 0 Å². The number of rotatable bonds is 3. The molecule has 1 aliphatic heterocycles. The minimum absolute atomic E-state index is 0.170. The number of likely N-dealkylation sites (tertiary alicyclic amines) is 1. The zero-order valence-electron chi connectivity index (χ0n) is 10.3. The molecule has 0 radical (unpaired) electrons. The van der Waals surface area contributed by atoms with Crippen molar-refractivity contribution in [3.05, 3.63) is 35.6 Å². The number of benzene rings is 1. The number of hydrogen-bond acceptors (Lipinski definition) is 3. The first-order chi connectivity index (χ1) is 8.44. The molecule has 0 aliphatic carbocycles. The molecule has 98 valence electrons. The van der Waals surface area contributed by atoms with Gasteiger partial charge in [-0.2, -0.15) is 0 Å². The van der Waals surface area contributed by atoms with Crippen LogP contribution in [0.3, 0.4) is 0 Å². The first-order valence-corrected chi connectivity index (χ1v) is 5.95. The summed E-state index contributed by atoms with van der Waals surface area (Å²) in [6, 6.07) is 6.38. The molecule has 1 aliphatic rings. The molecule has 0 aromatic heterocycles. The Morgan fingerprint density at radius 2 is 2.22 bits per heavy atom. The number of carboxylic acid groups (broad SMARTS) is 1. The van der Waals surface area contributed by atoms with E-state index in [0.29, 0.717) is 18.5 Å². The maximum absolute atomic E-state index is 13.7. The first kappa shape index (κ1) is 13.0. The van der Waals surface area contributed by atoms with Crippen LogP contribution in [-0.4, -0.2) is 34.6 Å². The Morgan fingerprint density at radius 1 is 1.56 bits per heavy atom. The molecule has 0 bridgehead atoms. The average Bonchev–Trinajstić information content (AvgIpc) is 2.73. The fourth-order valence-electron chi connectivity index (χ4n) is 2.38. The van der Waals surface area contributed by atoms with Gasteiger partial charge < -0.3 is 10.8 Å². The number of carbonyl (C=O) groups is 1. The van der Waals surface area contributed by atoms with Crippen molar-refractivity contribution in [3.63, 3.8) is 0 Å². The average molecular weight is 252 g/mol. The molecule has 1 saturated heterocycles. The Balaban J connectivity index is 2.15. The standard InChI is InChI=1S/C13H17FN2O2/c1-9(10-4-2-3-5-11(10)14)16-7-6-13(15,8-16)12(17)18/h2-5,9H,6-8,15H2,1H3,(H,17,18). The van der Waals surface area contributed by atoms with Crippen molar-refractivity contribution in [3.8, 4) is 0 Å². The molecule has 2 unspecified atom stereocenters. The van der Waals surface area contributed by atoms with E-state index >= 15 is 0 Å². The van der Waals surface area contributed by atoms with Crippen LogP contribution in [0.2, 0.25) is 0 Å². The highest BCUT2D eigenvalue weighted by atomic mass is 19.1. The zero-order chi connectivity index (χ0) is 13.3. The molecule has 0 amide bonds. The van der Waals surface area contributed by atoms with E-state index in [2.05, 4.69) is 0 Å². The molecule has 1 aromatic rings. The van der Waals surface area contributed by atoms with Crippen LogP contribution in [0.4, 0.5) is 4.39 Å². The van der Waals surface area contributed by atoms with Gasteiger partial charge in [-0.25, -0.2) is 4.39 Å². The molecular formula is C13H17FN2O2. The fourth-order valence-corrected chi connectivity index (χ4v) is 2.38. The Morgan fingerprint density at radius 3 is 2.78 bits per heavy atom. The van der Waals surface area contributed by atoms with Crippen molar-refractivity contribution < 1.29 is 14.3 Å². The Hall–Kier alpha value is -1.46. The predicted octanol–water partition coefficient (Wildman–Crippen LogP) is 1.37. The van der Waals surface area contributed by atoms with Gasteiger partial charge in [0.1, 0.15) is 11.4 Å². The molecular weight excluding hydrogens is 235 g/mol. The summed E-state index contributed by atoms with van der Waals surface area (Å²) in [5.74, 6) is -1.26. The van der Waals surface area contributed by atoms with Gasteiger partial charge in [0.25, 0.3) is 0 Å². The highest BCUT2D eigenvalue weighted by Gasteiger charge is 2.42. The second kappa shape index (κ2) is 4.66. The third kappa shape index (κ3) is 2.23. The predicted molar refractivity (Wildman–Crippen MR) is 65.6 cm³/mol. The van der Waals surface area contributed by atoms with Crippen LogP contribution in [-0.2, 0) is 4.79 Å². The lowest BCUT2D eigenvalue weighted by molar-refractivity contribution is -0.142. The quantitative estimate of drug-likeness (QED) is 0.852. The Kier molecular flexibility index (Phi) is 3.36. The molecule has 1 aromatic carbocycles. The first-order valence-electron chi connectivity index (χ1n) is 5.95. The molecule has 18 heavy (non-hydrogen) atoms. The topological polar surface area (TPSA) is 66.6 Å². The van der Waals surface area contributed by atoms with Crippen LogP contribution in [0.25, 0.3) is 0 Å². The van der Waals surface area contributed by atoms with Crippen molar-refractivity contribution in [2.75, 3.05) is 13.1 Å². The number of hydrogen-bond donors (Lipinski definition) is 2. The summed E-state index contributed by atoms with van der Waals surface area (Å²) in [4.78, 5) is 13.0. The summed E-state index contributed by atoms with van der Waals surface area (Å²) < 4.78 is 13.7. The molecule has 2 rings (SSSR count). The summed E-state index contributed by atoms with van der Waals surface area (Å²) in [5.41, 5.74) is 5.18. The van der Waals surface area contributed by atoms with Gasteiger partial charge in [-0.05, 0) is 19.4 Å². The zero-order valence-corrected chi connectivity index (χ0v) is 10.3. The van der Waals surface area contributed by atoms with E-state index in [9.17, 15) is 9.18 Å². The minimum Gasteiger partial charge on any atom is -0.480 e. The third-order valence-electron chi connectivity index (χ3n) is 3.66. The van der Waals surface area contributed by atoms with Gasteiger partial charge in [-0.3, -0.25) is 9.69 Å². The fraction of sp³-hybridized carbons (Fsp3) is 0.462. The summed E-state index contributed by atoms with van der Waals surface area (Å²) in [6.07, 6.45) is 0.390. The molecule has 0 spiro atoms. The smallest absolute Gasteiger partial charge is 0.325 e. The monoisotopic (exact) mass is 252 g/mol. The van der Waals surface area contributed by atoms with Crippen LogP contribution < -0.4 is 5.73 Å². The van der Waals surface area contributed by atoms with E-state index in [0.717, 1.165) is 0 Å². The maximum Gasteiger partial charge on any atom is 0.325 e. The van der Waals surface area contributed by atoms with Crippen molar-refractivity contribution in [1.29, 1.82) is 0 Å². The van der Waals surface area contributed by atoms with Gasteiger partial charge in [0.05, 0.1) is 0 Å². The van der Waals surface area contributed by atoms with Crippen molar-refractivity contribution >= 4 is 5.97 Å². The number of aliphatic carboxylic acids is 1. The van der Waals surface area contributed by atoms with Gasteiger partial charge in [0, 0.05) is 24.7 Å². The maximum atomic E-state index is 13.7. The highest BCUT2D eigenvalue weighted by molar-refractivity contribution is 5.79. The van der Waals surface area contributed by atoms with Crippen molar-refractivity contribution in [2.24, 2.45) is 5.73 Å². The summed E-state index contributed by atoms with van der Waals surface area (Å²) >= 11 is 0. The molecule has 1 heterocycles. The Labute approximate surface area is 105 Å². The van der Waals surface area contributed by atoms with Crippen LogP contribution in [0.15, 0.2) is 24.3 Å². The van der Waals surface area contributed by atoms with E-state index in [1.165, 1.54) is 6.07 Å². The Bertz CT molecular complexity index is 466.